The number of hydrogen-bond acceptors (Lipinski definition) is 1. The van der Waals surface area contributed by atoms with Crippen molar-refractivity contribution in [2.75, 3.05) is 0 Å². The van der Waals surface area contributed by atoms with Gasteiger partial charge in [-0.1, -0.05) is 40.5 Å². The Labute approximate surface area is 81.9 Å². The van der Waals surface area contributed by atoms with Gasteiger partial charge in [0, 0.05) is 12.3 Å². The Morgan fingerprint density at radius 2 is 2.08 bits per heavy atom. The van der Waals surface area contributed by atoms with Gasteiger partial charge in [-0.25, -0.2) is 0 Å². The molecule has 76 valence electrons. The maximum absolute atomic E-state index is 11.7. The van der Waals surface area contributed by atoms with Gasteiger partial charge in [-0.2, -0.15) is 0 Å². The van der Waals surface area contributed by atoms with Crippen LogP contribution in [0.25, 0.3) is 0 Å². The summed E-state index contributed by atoms with van der Waals surface area (Å²) in [7, 11) is 0. The summed E-state index contributed by atoms with van der Waals surface area (Å²) in [4.78, 5) is 11.7. The summed E-state index contributed by atoms with van der Waals surface area (Å²) in [5.41, 5.74) is 0.242. The number of carbonyl (C=O) groups is 1. The van der Waals surface area contributed by atoms with Crippen LogP contribution >= 0.6 is 0 Å². The molecule has 0 aliphatic heterocycles. The topological polar surface area (TPSA) is 17.1 Å². The lowest BCUT2D eigenvalue weighted by molar-refractivity contribution is -0.122. The van der Waals surface area contributed by atoms with Gasteiger partial charge in [-0.15, -0.1) is 0 Å². The first-order valence-electron chi connectivity index (χ1n) is 5.52. The van der Waals surface area contributed by atoms with Gasteiger partial charge in [0.1, 0.15) is 5.78 Å². The zero-order chi connectivity index (χ0) is 10.1. The molecular weight excluding hydrogens is 160 g/mol. The summed E-state index contributed by atoms with van der Waals surface area (Å²) >= 11 is 0. The second-order valence-electron chi connectivity index (χ2n) is 5.09. The first kappa shape index (κ1) is 10.7. The third-order valence-corrected chi connectivity index (χ3v) is 3.91. The van der Waals surface area contributed by atoms with Crippen molar-refractivity contribution in [2.24, 2.45) is 17.3 Å². The van der Waals surface area contributed by atoms with Crippen molar-refractivity contribution in [3.63, 3.8) is 0 Å². The van der Waals surface area contributed by atoms with Crippen LogP contribution in [-0.2, 0) is 4.79 Å². The van der Waals surface area contributed by atoms with E-state index in [1.165, 1.54) is 12.8 Å². The first-order valence-corrected chi connectivity index (χ1v) is 5.52. The van der Waals surface area contributed by atoms with Crippen molar-refractivity contribution in [3.05, 3.63) is 0 Å². The van der Waals surface area contributed by atoms with Crippen LogP contribution in [0.3, 0.4) is 0 Å². The van der Waals surface area contributed by atoms with Crippen LogP contribution in [0.5, 0.6) is 0 Å². The molecule has 0 saturated heterocycles. The van der Waals surface area contributed by atoms with Crippen molar-refractivity contribution in [3.8, 4) is 0 Å². The number of hydrogen-bond donors (Lipinski definition) is 0. The smallest absolute Gasteiger partial charge is 0.136 e. The van der Waals surface area contributed by atoms with Crippen molar-refractivity contribution < 1.29 is 4.79 Å². The molecule has 0 aromatic heterocycles. The second-order valence-corrected chi connectivity index (χ2v) is 5.09. The first-order chi connectivity index (χ1) is 6.00. The van der Waals surface area contributed by atoms with Crippen LogP contribution < -0.4 is 0 Å². The molecule has 2 atom stereocenters. The van der Waals surface area contributed by atoms with E-state index in [1.54, 1.807) is 0 Å². The Morgan fingerprint density at radius 1 is 1.46 bits per heavy atom. The van der Waals surface area contributed by atoms with E-state index in [0.29, 0.717) is 17.6 Å². The number of carbonyl (C=O) groups excluding carboxylic acids is 1. The lowest BCUT2D eigenvalue weighted by Crippen LogP contribution is -2.25. The van der Waals surface area contributed by atoms with E-state index in [2.05, 4.69) is 27.7 Å². The number of ketones is 1. The van der Waals surface area contributed by atoms with Crippen LogP contribution in [0.2, 0.25) is 0 Å². The number of unbranched alkanes of at least 4 members (excludes halogenated alkanes) is 1. The van der Waals surface area contributed by atoms with E-state index in [4.69, 9.17) is 0 Å². The highest BCUT2D eigenvalue weighted by atomic mass is 16.1. The van der Waals surface area contributed by atoms with Crippen molar-refractivity contribution in [1.29, 1.82) is 0 Å². The molecule has 1 saturated carbocycles. The zero-order valence-electron chi connectivity index (χ0n) is 9.39. The highest BCUT2D eigenvalue weighted by molar-refractivity contribution is 5.84. The highest BCUT2D eigenvalue weighted by Gasteiger charge is 2.45. The minimum absolute atomic E-state index is 0.242. The Hall–Kier alpha value is -0.330. The minimum atomic E-state index is 0.242. The highest BCUT2D eigenvalue weighted by Crippen LogP contribution is 2.46. The molecule has 0 amide bonds. The van der Waals surface area contributed by atoms with Crippen LogP contribution in [-0.4, -0.2) is 5.78 Å². The Bertz CT molecular complexity index is 193. The van der Waals surface area contributed by atoms with Gasteiger partial charge in [0.25, 0.3) is 0 Å². The molecular formula is C12H22O. The van der Waals surface area contributed by atoms with Crippen molar-refractivity contribution in [1.82, 2.24) is 0 Å². The van der Waals surface area contributed by atoms with Gasteiger partial charge in [0.05, 0.1) is 0 Å². The summed E-state index contributed by atoms with van der Waals surface area (Å²) in [6.45, 7) is 8.91. The van der Waals surface area contributed by atoms with E-state index < -0.39 is 0 Å². The molecule has 1 aliphatic carbocycles. The van der Waals surface area contributed by atoms with Gasteiger partial charge < -0.3 is 0 Å². The fourth-order valence-corrected chi connectivity index (χ4v) is 2.41. The van der Waals surface area contributed by atoms with Crippen LogP contribution in [0.15, 0.2) is 0 Å². The molecule has 1 heteroatoms. The van der Waals surface area contributed by atoms with E-state index in [9.17, 15) is 4.79 Å². The lowest BCUT2D eigenvalue weighted by atomic mass is 9.74. The lowest BCUT2D eigenvalue weighted by Gasteiger charge is -2.29. The molecule has 1 rings (SSSR count). The maximum Gasteiger partial charge on any atom is 0.136 e. The fraction of sp³-hybridized carbons (Fsp3) is 0.917. The van der Waals surface area contributed by atoms with Crippen molar-refractivity contribution in [2.45, 2.75) is 53.4 Å². The molecule has 2 unspecified atom stereocenters. The van der Waals surface area contributed by atoms with Gasteiger partial charge in [0.15, 0.2) is 0 Å². The molecule has 0 spiro atoms. The predicted octanol–water partition coefficient (Wildman–Crippen LogP) is 3.43. The van der Waals surface area contributed by atoms with E-state index >= 15 is 0 Å². The van der Waals surface area contributed by atoms with Gasteiger partial charge in [-0.3, -0.25) is 4.79 Å². The predicted molar refractivity (Wildman–Crippen MR) is 55.6 cm³/mol. The quantitative estimate of drug-likeness (QED) is 0.653. The summed E-state index contributed by atoms with van der Waals surface area (Å²) in [5, 5.41) is 0. The molecule has 1 fully saturated rings. The third kappa shape index (κ3) is 1.95. The van der Waals surface area contributed by atoms with E-state index in [0.717, 1.165) is 12.8 Å². The summed E-state index contributed by atoms with van der Waals surface area (Å²) < 4.78 is 0. The fourth-order valence-electron chi connectivity index (χ4n) is 2.41. The third-order valence-electron chi connectivity index (χ3n) is 3.91. The Balaban J connectivity index is 2.65. The molecule has 0 aromatic carbocycles. The minimum Gasteiger partial charge on any atom is -0.299 e. The molecule has 1 aliphatic rings. The normalized spacial score (nSPS) is 32.5. The SMILES string of the molecule is CCCCC1C(=O)CC(C)C1(C)C. The van der Waals surface area contributed by atoms with Gasteiger partial charge in [-0.05, 0) is 17.8 Å². The molecule has 0 aromatic rings. The van der Waals surface area contributed by atoms with E-state index in [-0.39, 0.29) is 5.41 Å². The second kappa shape index (κ2) is 3.81. The van der Waals surface area contributed by atoms with Crippen LogP contribution in [0.4, 0.5) is 0 Å². The Kier molecular flexibility index (Phi) is 3.15. The summed E-state index contributed by atoms with van der Waals surface area (Å²) in [6, 6.07) is 0. The summed E-state index contributed by atoms with van der Waals surface area (Å²) in [5.74, 6) is 1.41. The molecule has 1 nitrogen and oxygen atoms in total. The maximum atomic E-state index is 11.7. The molecule has 0 radical (unpaired) electrons. The van der Waals surface area contributed by atoms with Gasteiger partial charge in [0.2, 0.25) is 0 Å². The molecule has 0 bridgehead atoms. The number of Topliss-reactive ketones (excluding diaryl/α,β-unsaturated/α-hetero) is 1. The largest absolute Gasteiger partial charge is 0.299 e. The molecule has 0 N–H and O–H groups in total. The van der Waals surface area contributed by atoms with Crippen molar-refractivity contribution >= 4 is 5.78 Å². The summed E-state index contributed by atoms with van der Waals surface area (Å²) in [6.07, 6.45) is 4.31. The molecule has 13 heavy (non-hydrogen) atoms. The average Bonchev–Trinajstić information content (AvgIpc) is 2.21. The van der Waals surface area contributed by atoms with Crippen LogP contribution in [0.1, 0.15) is 53.4 Å². The zero-order valence-corrected chi connectivity index (χ0v) is 9.39. The average molecular weight is 182 g/mol. The van der Waals surface area contributed by atoms with Gasteiger partial charge >= 0.3 is 0 Å². The standard InChI is InChI=1S/C12H22O/c1-5-6-7-10-11(13)8-9(2)12(10,3)4/h9-10H,5-8H2,1-4H3. The van der Waals surface area contributed by atoms with Crippen LogP contribution in [0, 0.1) is 17.3 Å². The van der Waals surface area contributed by atoms with E-state index in [1.807, 2.05) is 0 Å². The monoisotopic (exact) mass is 182 g/mol. The molecule has 0 heterocycles. The number of rotatable bonds is 3. The Morgan fingerprint density at radius 3 is 2.46 bits per heavy atom.